The second-order valence-electron chi connectivity index (χ2n) is 7.21. The molecule has 0 amide bonds. The van der Waals surface area contributed by atoms with E-state index in [9.17, 15) is 0 Å². The minimum absolute atomic E-state index is 0.690. The van der Waals surface area contributed by atoms with Gasteiger partial charge >= 0.3 is 0 Å². The number of hydrogen-bond donors (Lipinski definition) is 0. The molecule has 2 aliphatic heterocycles. The number of rotatable bonds is 0. The summed E-state index contributed by atoms with van der Waals surface area (Å²) in [6, 6.07) is 29.5. The number of ether oxygens (including phenoxy) is 2. The molecule has 0 fully saturated rings. The van der Waals surface area contributed by atoms with E-state index in [1.165, 1.54) is 27.5 Å². The van der Waals surface area contributed by atoms with Gasteiger partial charge in [-0.25, -0.2) is 0 Å². The summed E-state index contributed by atoms with van der Waals surface area (Å²) in [5.41, 5.74) is 6.11. The van der Waals surface area contributed by atoms with E-state index in [4.69, 9.17) is 9.47 Å². The molecule has 28 heavy (non-hydrogen) atoms. The van der Waals surface area contributed by atoms with Gasteiger partial charge in [0.05, 0.1) is 6.61 Å². The first-order valence-electron chi connectivity index (χ1n) is 9.65. The molecule has 0 unspecified atom stereocenters. The van der Waals surface area contributed by atoms with Crippen molar-refractivity contribution < 1.29 is 9.47 Å². The first kappa shape index (κ1) is 15.5. The quantitative estimate of drug-likeness (QED) is 0.306. The van der Waals surface area contributed by atoms with Crippen LogP contribution in [0.3, 0.4) is 0 Å². The topological polar surface area (TPSA) is 18.5 Å². The minimum atomic E-state index is 0.690. The molecule has 4 aromatic rings. The molecule has 4 aromatic carbocycles. The summed E-state index contributed by atoms with van der Waals surface area (Å²) in [4.78, 5) is 0. The van der Waals surface area contributed by atoms with Crippen LogP contribution in [0.25, 0.3) is 21.9 Å². The van der Waals surface area contributed by atoms with Crippen molar-refractivity contribution >= 4 is 21.9 Å². The summed E-state index contributed by atoms with van der Waals surface area (Å²) < 4.78 is 12.3. The number of benzene rings is 4. The highest BCUT2D eigenvalue weighted by molar-refractivity contribution is 6.09. The van der Waals surface area contributed by atoms with Crippen LogP contribution in [-0.4, -0.2) is 6.61 Å². The Morgan fingerprint density at radius 1 is 0.607 bits per heavy atom. The first-order valence-corrected chi connectivity index (χ1v) is 9.65. The van der Waals surface area contributed by atoms with Crippen molar-refractivity contribution in [2.75, 3.05) is 6.61 Å². The van der Waals surface area contributed by atoms with Gasteiger partial charge in [0.15, 0.2) is 0 Å². The van der Waals surface area contributed by atoms with Gasteiger partial charge in [-0.3, -0.25) is 0 Å². The highest BCUT2D eigenvalue weighted by Gasteiger charge is 2.28. The Balaban J connectivity index is 1.76. The number of hydrogen-bond acceptors (Lipinski definition) is 2. The summed E-state index contributed by atoms with van der Waals surface area (Å²) in [5.74, 6) is 2.79. The fraction of sp³-hybridized carbons (Fsp3) is 0.0769. The zero-order valence-corrected chi connectivity index (χ0v) is 15.3. The van der Waals surface area contributed by atoms with Crippen molar-refractivity contribution in [1.29, 1.82) is 0 Å². The van der Waals surface area contributed by atoms with E-state index in [0.717, 1.165) is 34.8 Å². The number of para-hydroxylation sites is 2. The predicted molar refractivity (Wildman–Crippen MR) is 113 cm³/mol. The van der Waals surface area contributed by atoms with E-state index >= 15 is 0 Å². The van der Waals surface area contributed by atoms with Gasteiger partial charge in [-0.2, -0.15) is 0 Å². The second kappa shape index (κ2) is 6.00. The maximum absolute atomic E-state index is 6.21. The van der Waals surface area contributed by atoms with Crippen LogP contribution in [0.5, 0.6) is 17.2 Å². The zero-order valence-electron chi connectivity index (χ0n) is 15.3. The molecule has 0 radical (unpaired) electrons. The fourth-order valence-electron chi connectivity index (χ4n) is 4.43. The summed E-state index contributed by atoms with van der Waals surface area (Å²) in [6.45, 7) is 0.690. The van der Waals surface area contributed by atoms with Gasteiger partial charge < -0.3 is 9.47 Å². The van der Waals surface area contributed by atoms with Crippen molar-refractivity contribution in [3.05, 3.63) is 102 Å². The van der Waals surface area contributed by atoms with Crippen molar-refractivity contribution in [2.45, 2.75) is 6.42 Å². The maximum Gasteiger partial charge on any atom is 0.135 e. The molecule has 134 valence electrons. The van der Waals surface area contributed by atoms with Crippen molar-refractivity contribution in [3.8, 4) is 17.2 Å². The van der Waals surface area contributed by atoms with E-state index < -0.39 is 0 Å². The monoisotopic (exact) mass is 362 g/mol. The van der Waals surface area contributed by atoms with Crippen LogP contribution in [0.1, 0.15) is 23.1 Å². The smallest absolute Gasteiger partial charge is 0.135 e. The Labute approximate surface area is 163 Å². The average Bonchev–Trinajstić information content (AvgIpc) is 2.77. The largest absolute Gasteiger partial charge is 0.493 e. The van der Waals surface area contributed by atoms with E-state index in [-0.39, 0.29) is 0 Å². The molecule has 2 heteroatoms. The standard InChI is InChI=1S/C26H18O2/c1-2-8-18-17(7-1)13-14-24-26(18)21(15-16-27-24)25-19-9-3-5-11-22(19)28-23-12-6-4-10-20(23)25/h1-14H,15-16H2. The van der Waals surface area contributed by atoms with E-state index in [2.05, 4.69) is 72.8 Å². The lowest BCUT2D eigenvalue weighted by molar-refractivity contribution is 0.317. The normalized spacial score (nSPS) is 14.6. The van der Waals surface area contributed by atoms with E-state index in [1.807, 2.05) is 12.1 Å². The van der Waals surface area contributed by atoms with E-state index in [1.54, 1.807) is 0 Å². The van der Waals surface area contributed by atoms with Gasteiger partial charge in [-0.05, 0) is 34.5 Å². The molecule has 0 spiro atoms. The predicted octanol–water partition coefficient (Wildman–Crippen LogP) is 6.69. The first-order chi connectivity index (χ1) is 13.9. The highest BCUT2D eigenvalue weighted by Crippen LogP contribution is 2.50. The van der Waals surface area contributed by atoms with Gasteiger partial charge in [-0.1, -0.05) is 66.7 Å². The molecule has 2 nitrogen and oxygen atoms in total. The van der Waals surface area contributed by atoms with Crippen LogP contribution in [0.2, 0.25) is 0 Å². The van der Waals surface area contributed by atoms with Crippen LogP contribution in [0.15, 0.2) is 84.9 Å². The molecule has 0 saturated heterocycles. The lowest BCUT2D eigenvalue weighted by Gasteiger charge is -2.29. The Morgan fingerprint density at radius 3 is 2.07 bits per heavy atom. The van der Waals surface area contributed by atoms with Crippen LogP contribution >= 0.6 is 0 Å². The molecule has 0 N–H and O–H groups in total. The SMILES string of the molecule is c1ccc2c(c1)Oc1ccccc1C2=C1CCOc2ccc3ccccc3c21. The third kappa shape index (κ3) is 2.21. The molecule has 0 bridgehead atoms. The lowest BCUT2D eigenvalue weighted by Crippen LogP contribution is -2.12. The lowest BCUT2D eigenvalue weighted by atomic mass is 9.83. The van der Waals surface area contributed by atoms with Crippen LogP contribution in [-0.2, 0) is 0 Å². The molecule has 2 heterocycles. The molecule has 2 aliphatic rings. The van der Waals surface area contributed by atoms with Crippen molar-refractivity contribution in [3.63, 3.8) is 0 Å². The summed E-state index contributed by atoms with van der Waals surface area (Å²) in [6.07, 6.45) is 0.874. The van der Waals surface area contributed by atoms with E-state index in [0.29, 0.717) is 6.61 Å². The number of fused-ring (bicyclic) bond motifs is 5. The second-order valence-corrected chi connectivity index (χ2v) is 7.21. The summed E-state index contributed by atoms with van der Waals surface area (Å²) in [7, 11) is 0. The fourth-order valence-corrected chi connectivity index (χ4v) is 4.43. The Hall–Kier alpha value is -3.52. The molecule has 0 saturated carbocycles. The third-order valence-electron chi connectivity index (χ3n) is 5.64. The Bertz CT molecular complexity index is 1220. The molecule has 0 aliphatic carbocycles. The van der Waals surface area contributed by atoms with Crippen molar-refractivity contribution in [2.24, 2.45) is 0 Å². The van der Waals surface area contributed by atoms with Gasteiger partial charge in [0.25, 0.3) is 0 Å². The summed E-state index contributed by atoms with van der Waals surface area (Å²) >= 11 is 0. The van der Waals surface area contributed by atoms with Gasteiger partial charge in [0.1, 0.15) is 17.2 Å². The van der Waals surface area contributed by atoms with Gasteiger partial charge in [-0.15, -0.1) is 0 Å². The average molecular weight is 362 g/mol. The van der Waals surface area contributed by atoms with Crippen LogP contribution < -0.4 is 9.47 Å². The van der Waals surface area contributed by atoms with Gasteiger partial charge in [0.2, 0.25) is 0 Å². The van der Waals surface area contributed by atoms with Crippen LogP contribution in [0.4, 0.5) is 0 Å². The third-order valence-corrected chi connectivity index (χ3v) is 5.64. The summed E-state index contributed by atoms with van der Waals surface area (Å²) in [5, 5.41) is 2.47. The molecular formula is C26H18O2. The highest BCUT2D eigenvalue weighted by atomic mass is 16.5. The Morgan fingerprint density at radius 2 is 1.29 bits per heavy atom. The minimum Gasteiger partial charge on any atom is -0.493 e. The maximum atomic E-state index is 6.21. The molecular weight excluding hydrogens is 344 g/mol. The van der Waals surface area contributed by atoms with Gasteiger partial charge in [0, 0.05) is 28.7 Å². The zero-order chi connectivity index (χ0) is 18.5. The molecule has 6 rings (SSSR count). The Kier molecular flexibility index (Phi) is 3.33. The van der Waals surface area contributed by atoms with Crippen molar-refractivity contribution in [1.82, 2.24) is 0 Å². The molecule has 0 atom stereocenters. The van der Waals surface area contributed by atoms with Crippen LogP contribution in [0, 0.1) is 0 Å². The molecule has 0 aromatic heterocycles.